The van der Waals surface area contributed by atoms with Gasteiger partial charge in [0, 0.05) is 24.7 Å². The van der Waals surface area contributed by atoms with Crippen LogP contribution in [0.25, 0.3) is 6.08 Å². The summed E-state index contributed by atoms with van der Waals surface area (Å²) in [6.07, 6.45) is 6.91. The van der Waals surface area contributed by atoms with Gasteiger partial charge in [-0.1, -0.05) is 0 Å². The largest absolute Gasteiger partial charge is 0.497 e. The molecule has 0 spiro atoms. The summed E-state index contributed by atoms with van der Waals surface area (Å²) in [6.45, 7) is 0.618. The predicted molar refractivity (Wildman–Crippen MR) is 94.5 cm³/mol. The third kappa shape index (κ3) is 4.32. The molecule has 2 aliphatic rings. The maximum atomic E-state index is 12.5. The number of carbonyl (C=O) groups excluding carboxylic acids is 2. The van der Waals surface area contributed by atoms with E-state index in [0.717, 1.165) is 31.2 Å². The smallest absolute Gasteiger partial charge is 0.247 e. The first kappa shape index (κ1) is 17.3. The van der Waals surface area contributed by atoms with Gasteiger partial charge in [0.2, 0.25) is 11.8 Å². The van der Waals surface area contributed by atoms with Crippen LogP contribution in [0.1, 0.15) is 31.2 Å². The Labute approximate surface area is 147 Å². The molecule has 0 radical (unpaired) electrons. The second kappa shape index (κ2) is 7.59. The van der Waals surface area contributed by atoms with Crippen LogP contribution in [0.15, 0.2) is 24.3 Å². The zero-order chi connectivity index (χ0) is 17.8. The monoisotopic (exact) mass is 344 g/mol. The number of methoxy groups -OCH3 is 2. The molecule has 1 aliphatic heterocycles. The molecular formula is C19H24N2O4. The van der Waals surface area contributed by atoms with Gasteiger partial charge in [-0.05, 0) is 49.5 Å². The highest BCUT2D eigenvalue weighted by Crippen LogP contribution is 2.25. The van der Waals surface area contributed by atoms with Crippen LogP contribution in [0.4, 0.5) is 0 Å². The number of ether oxygens (including phenoxy) is 2. The van der Waals surface area contributed by atoms with E-state index in [2.05, 4.69) is 5.32 Å². The average molecular weight is 344 g/mol. The summed E-state index contributed by atoms with van der Waals surface area (Å²) in [5.41, 5.74) is 0.808. The molecule has 1 N–H and O–H groups in total. The van der Waals surface area contributed by atoms with Crippen molar-refractivity contribution in [1.29, 1.82) is 0 Å². The maximum absolute atomic E-state index is 12.5. The van der Waals surface area contributed by atoms with Crippen molar-refractivity contribution in [2.75, 3.05) is 20.8 Å². The van der Waals surface area contributed by atoms with Crippen molar-refractivity contribution in [2.24, 2.45) is 0 Å². The quantitative estimate of drug-likeness (QED) is 0.802. The maximum Gasteiger partial charge on any atom is 0.247 e. The highest BCUT2D eigenvalue weighted by molar-refractivity contribution is 5.96. The van der Waals surface area contributed by atoms with Crippen molar-refractivity contribution >= 4 is 17.9 Å². The fourth-order valence-corrected chi connectivity index (χ4v) is 3.02. The molecule has 2 fully saturated rings. The molecule has 1 saturated carbocycles. The summed E-state index contributed by atoms with van der Waals surface area (Å²) < 4.78 is 10.5. The molecule has 0 aromatic heterocycles. The molecule has 1 heterocycles. The van der Waals surface area contributed by atoms with Crippen LogP contribution in [0.3, 0.4) is 0 Å². The second-order valence-electron chi connectivity index (χ2n) is 6.45. The summed E-state index contributed by atoms with van der Waals surface area (Å²) in [5.74, 6) is 1.16. The number of hydrogen-bond acceptors (Lipinski definition) is 4. The molecule has 2 amide bonds. The number of nitrogens with zero attached hydrogens (tertiary/aromatic N) is 1. The van der Waals surface area contributed by atoms with Gasteiger partial charge in [-0.25, -0.2) is 0 Å². The van der Waals surface area contributed by atoms with Gasteiger partial charge in [0.25, 0.3) is 0 Å². The first-order valence-corrected chi connectivity index (χ1v) is 8.63. The molecule has 1 aromatic rings. The van der Waals surface area contributed by atoms with Crippen molar-refractivity contribution in [1.82, 2.24) is 10.2 Å². The average Bonchev–Trinajstić information content (AvgIpc) is 3.30. The number of amides is 2. The normalized spacial score (nSPS) is 19.9. The summed E-state index contributed by atoms with van der Waals surface area (Å²) in [5, 5.41) is 2.99. The van der Waals surface area contributed by atoms with Crippen LogP contribution >= 0.6 is 0 Å². The number of likely N-dealkylation sites (tertiary alicyclic amines) is 1. The Bertz CT molecular complexity index is 660. The summed E-state index contributed by atoms with van der Waals surface area (Å²) in [4.78, 5) is 26.5. The molecule has 1 aromatic carbocycles. The minimum absolute atomic E-state index is 0.0233. The lowest BCUT2D eigenvalue weighted by atomic mass is 10.1. The van der Waals surface area contributed by atoms with E-state index in [1.54, 1.807) is 31.3 Å². The van der Waals surface area contributed by atoms with E-state index >= 15 is 0 Å². The van der Waals surface area contributed by atoms with Crippen LogP contribution in [0.2, 0.25) is 0 Å². The van der Waals surface area contributed by atoms with Crippen molar-refractivity contribution in [3.8, 4) is 11.5 Å². The number of carbonyl (C=O) groups is 2. The van der Waals surface area contributed by atoms with Gasteiger partial charge >= 0.3 is 0 Å². The van der Waals surface area contributed by atoms with E-state index in [4.69, 9.17) is 9.47 Å². The molecule has 25 heavy (non-hydrogen) atoms. The molecule has 1 aliphatic carbocycles. The molecule has 0 unspecified atom stereocenters. The van der Waals surface area contributed by atoms with Crippen LogP contribution in [0, 0.1) is 0 Å². The number of nitrogens with one attached hydrogen (secondary N) is 1. The van der Waals surface area contributed by atoms with Crippen LogP contribution < -0.4 is 14.8 Å². The molecule has 0 bridgehead atoms. The van der Waals surface area contributed by atoms with Gasteiger partial charge in [0.15, 0.2) is 0 Å². The Morgan fingerprint density at radius 1 is 1.12 bits per heavy atom. The van der Waals surface area contributed by atoms with Gasteiger partial charge in [-0.15, -0.1) is 0 Å². The summed E-state index contributed by atoms with van der Waals surface area (Å²) in [7, 11) is 3.17. The van der Waals surface area contributed by atoms with E-state index in [1.807, 2.05) is 12.1 Å². The molecule has 6 heteroatoms. The molecule has 6 nitrogen and oxygen atoms in total. The molecule has 134 valence electrons. The highest BCUT2D eigenvalue weighted by Gasteiger charge is 2.35. The lowest BCUT2D eigenvalue weighted by Gasteiger charge is -2.22. The van der Waals surface area contributed by atoms with E-state index in [9.17, 15) is 9.59 Å². The van der Waals surface area contributed by atoms with Gasteiger partial charge in [0.05, 0.1) is 14.2 Å². The van der Waals surface area contributed by atoms with Crippen molar-refractivity contribution in [3.05, 3.63) is 29.8 Å². The van der Waals surface area contributed by atoms with Gasteiger partial charge in [-0.2, -0.15) is 0 Å². The summed E-state index contributed by atoms with van der Waals surface area (Å²) >= 11 is 0. The van der Waals surface area contributed by atoms with E-state index < -0.39 is 0 Å². The van der Waals surface area contributed by atoms with Crippen molar-refractivity contribution in [2.45, 2.75) is 37.8 Å². The lowest BCUT2D eigenvalue weighted by Crippen LogP contribution is -2.46. The minimum Gasteiger partial charge on any atom is -0.497 e. The third-order valence-corrected chi connectivity index (χ3v) is 4.55. The van der Waals surface area contributed by atoms with Gasteiger partial charge in [-0.3, -0.25) is 9.59 Å². The molecule has 1 saturated heterocycles. The van der Waals surface area contributed by atoms with Crippen LogP contribution in [0.5, 0.6) is 11.5 Å². The van der Waals surface area contributed by atoms with E-state index in [0.29, 0.717) is 24.1 Å². The fourth-order valence-electron chi connectivity index (χ4n) is 3.02. The van der Waals surface area contributed by atoms with Crippen molar-refractivity contribution in [3.63, 3.8) is 0 Å². The van der Waals surface area contributed by atoms with Gasteiger partial charge < -0.3 is 19.7 Å². The Balaban J connectivity index is 1.68. The van der Waals surface area contributed by atoms with E-state index in [1.165, 1.54) is 6.08 Å². The van der Waals surface area contributed by atoms with Crippen LogP contribution in [-0.2, 0) is 9.59 Å². The summed E-state index contributed by atoms with van der Waals surface area (Å²) in [6, 6.07) is 5.39. The second-order valence-corrected chi connectivity index (χ2v) is 6.45. The Morgan fingerprint density at radius 3 is 2.40 bits per heavy atom. The lowest BCUT2D eigenvalue weighted by molar-refractivity contribution is -0.135. The highest BCUT2D eigenvalue weighted by atomic mass is 16.5. The van der Waals surface area contributed by atoms with E-state index in [-0.39, 0.29) is 17.9 Å². The predicted octanol–water partition coefficient (Wildman–Crippen LogP) is 1.99. The standard InChI is InChI=1S/C19H24N2O4/c1-24-15-10-13(11-16(12-15)25-2)5-8-18(22)21-9-3-4-17(21)19(23)20-14-6-7-14/h5,8,10-12,14,17H,3-4,6-7,9H2,1-2H3,(H,20,23)/b8-5+/t17-/m0/s1. The SMILES string of the molecule is COc1cc(/C=C/C(=O)N2CCC[C@H]2C(=O)NC2CC2)cc(OC)c1. The zero-order valence-corrected chi connectivity index (χ0v) is 14.7. The zero-order valence-electron chi connectivity index (χ0n) is 14.7. The molecular weight excluding hydrogens is 320 g/mol. The Hall–Kier alpha value is -2.50. The fraction of sp³-hybridized carbons (Fsp3) is 0.474. The number of hydrogen-bond donors (Lipinski definition) is 1. The Kier molecular flexibility index (Phi) is 5.26. The third-order valence-electron chi connectivity index (χ3n) is 4.55. The molecule has 1 atom stereocenters. The van der Waals surface area contributed by atoms with Crippen molar-refractivity contribution < 1.29 is 19.1 Å². The topological polar surface area (TPSA) is 67.9 Å². The minimum atomic E-state index is -0.349. The van der Waals surface area contributed by atoms with Crippen LogP contribution in [-0.4, -0.2) is 49.6 Å². The Morgan fingerprint density at radius 2 is 1.80 bits per heavy atom. The number of rotatable bonds is 6. The molecule has 3 rings (SSSR count). The van der Waals surface area contributed by atoms with Gasteiger partial charge in [0.1, 0.15) is 17.5 Å². The number of benzene rings is 1. The first-order valence-electron chi connectivity index (χ1n) is 8.63. The first-order chi connectivity index (χ1) is 12.1.